The molecule has 0 bridgehead atoms. The van der Waals surface area contributed by atoms with Gasteiger partial charge in [0.2, 0.25) is 0 Å². The average molecular weight is 780 g/mol. The minimum absolute atomic E-state index is 0.920. The van der Waals surface area contributed by atoms with E-state index in [-0.39, 0.29) is 0 Å². The van der Waals surface area contributed by atoms with Gasteiger partial charge in [0.15, 0.2) is 0 Å². The van der Waals surface area contributed by atoms with Crippen molar-refractivity contribution in [1.29, 1.82) is 0 Å². The zero-order valence-corrected chi connectivity index (χ0v) is 33.8. The smallest absolute Gasteiger partial charge is 0.138 e. The Hall–Kier alpha value is -7.94. The summed E-state index contributed by atoms with van der Waals surface area (Å²) in [5.74, 6) is 0.926. The maximum absolute atomic E-state index is 6.31. The van der Waals surface area contributed by atoms with E-state index < -0.39 is 0 Å². The number of rotatable bonds is 8. The molecular formula is C59H41NO. The van der Waals surface area contributed by atoms with Crippen LogP contribution in [0.25, 0.3) is 88.3 Å². The lowest BCUT2D eigenvalue weighted by Gasteiger charge is -2.26. The number of hydrogen-bond donors (Lipinski definition) is 0. The number of hydrogen-bond acceptors (Lipinski definition) is 2. The minimum Gasteiger partial charge on any atom is -0.456 e. The second-order valence-electron chi connectivity index (χ2n) is 15.7. The molecule has 0 aliphatic rings. The molecule has 0 radical (unpaired) electrons. The fourth-order valence-corrected chi connectivity index (χ4v) is 8.91. The normalized spacial score (nSPS) is 11.4. The van der Waals surface area contributed by atoms with E-state index in [1.165, 1.54) is 66.1 Å². The van der Waals surface area contributed by atoms with Crippen molar-refractivity contribution >= 4 is 49.6 Å². The second-order valence-corrected chi connectivity index (χ2v) is 15.7. The van der Waals surface area contributed by atoms with Crippen molar-refractivity contribution in [2.75, 3.05) is 4.90 Å². The van der Waals surface area contributed by atoms with Crippen molar-refractivity contribution in [3.05, 3.63) is 236 Å². The van der Waals surface area contributed by atoms with Crippen molar-refractivity contribution in [3.8, 4) is 55.8 Å². The van der Waals surface area contributed by atoms with Gasteiger partial charge in [-0.2, -0.15) is 0 Å². The van der Waals surface area contributed by atoms with Gasteiger partial charge in [-0.1, -0.05) is 176 Å². The van der Waals surface area contributed by atoms with Crippen LogP contribution >= 0.6 is 0 Å². The van der Waals surface area contributed by atoms with Gasteiger partial charge in [-0.05, 0) is 128 Å². The summed E-state index contributed by atoms with van der Waals surface area (Å²) >= 11 is 0. The van der Waals surface area contributed by atoms with Crippen LogP contribution in [0.3, 0.4) is 0 Å². The largest absolute Gasteiger partial charge is 0.456 e. The summed E-state index contributed by atoms with van der Waals surface area (Å²) in [7, 11) is 0. The third-order valence-electron chi connectivity index (χ3n) is 12.1. The lowest BCUT2D eigenvalue weighted by Crippen LogP contribution is -2.09. The first-order valence-corrected chi connectivity index (χ1v) is 20.9. The maximum Gasteiger partial charge on any atom is 0.138 e. The highest BCUT2D eigenvalue weighted by Gasteiger charge is 2.16. The van der Waals surface area contributed by atoms with E-state index in [0.717, 1.165) is 44.9 Å². The molecule has 288 valence electrons. The summed E-state index contributed by atoms with van der Waals surface area (Å²) in [4.78, 5) is 2.35. The minimum atomic E-state index is 0.920. The third kappa shape index (κ3) is 6.75. The van der Waals surface area contributed by atoms with Gasteiger partial charge < -0.3 is 9.32 Å². The van der Waals surface area contributed by atoms with Gasteiger partial charge in [0.1, 0.15) is 11.3 Å². The van der Waals surface area contributed by atoms with E-state index in [9.17, 15) is 0 Å². The molecule has 2 nitrogen and oxygen atoms in total. The van der Waals surface area contributed by atoms with Crippen LogP contribution in [-0.2, 0) is 0 Å². The predicted octanol–water partition coefficient (Wildman–Crippen LogP) is 16.9. The number of anilines is 3. The van der Waals surface area contributed by atoms with Gasteiger partial charge in [0, 0.05) is 33.6 Å². The van der Waals surface area contributed by atoms with Crippen LogP contribution in [0.2, 0.25) is 0 Å². The van der Waals surface area contributed by atoms with E-state index >= 15 is 0 Å². The van der Waals surface area contributed by atoms with E-state index in [4.69, 9.17) is 4.42 Å². The van der Waals surface area contributed by atoms with Crippen LogP contribution in [0.5, 0.6) is 0 Å². The summed E-state index contributed by atoms with van der Waals surface area (Å²) in [5, 5.41) is 6.22. The van der Waals surface area contributed by atoms with Crippen molar-refractivity contribution in [3.63, 3.8) is 0 Å². The number of para-hydroxylation sites is 1. The zero-order valence-electron chi connectivity index (χ0n) is 33.8. The molecule has 2 heteroatoms. The van der Waals surface area contributed by atoms with Gasteiger partial charge in [-0.3, -0.25) is 0 Å². The zero-order chi connectivity index (χ0) is 40.7. The van der Waals surface area contributed by atoms with Gasteiger partial charge in [0.05, 0.1) is 0 Å². The molecule has 0 amide bonds. The van der Waals surface area contributed by atoms with Gasteiger partial charge >= 0.3 is 0 Å². The molecule has 11 aromatic rings. The topological polar surface area (TPSA) is 16.4 Å². The van der Waals surface area contributed by atoms with Gasteiger partial charge in [-0.25, -0.2) is 0 Å². The quantitative estimate of drug-likeness (QED) is 0.143. The summed E-state index contributed by atoms with van der Waals surface area (Å²) in [6.07, 6.45) is 0. The van der Waals surface area contributed by atoms with E-state index in [1.807, 2.05) is 12.1 Å². The molecule has 0 aliphatic heterocycles. The highest BCUT2D eigenvalue weighted by molar-refractivity contribution is 6.13. The Kier molecular flexibility index (Phi) is 9.09. The first kappa shape index (κ1) is 36.2. The first-order valence-electron chi connectivity index (χ1n) is 20.9. The van der Waals surface area contributed by atoms with Gasteiger partial charge in [-0.15, -0.1) is 0 Å². The van der Waals surface area contributed by atoms with Crippen molar-refractivity contribution in [2.24, 2.45) is 0 Å². The van der Waals surface area contributed by atoms with Crippen LogP contribution in [0.15, 0.2) is 235 Å². The Morgan fingerprint density at radius 1 is 0.311 bits per heavy atom. The van der Waals surface area contributed by atoms with Gasteiger partial charge in [0.25, 0.3) is 0 Å². The van der Waals surface area contributed by atoms with Crippen LogP contribution in [0.1, 0.15) is 5.56 Å². The highest BCUT2D eigenvalue weighted by Crippen LogP contribution is 2.41. The lowest BCUT2D eigenvalue weighted by molar-refractivity contribution is 0.629. The highest BCUT2D eigenvalue weighted by atomic mass is 16.3. The van der Waals surface area contributed by atoms with Crippen molar-refractivity contribution in [1.82, 2.24) is 0 Å². The summed E-state index contributed by atoms with van der Waals surface area (Å²) in [5.41, 5.74) is 16.0. The van der Waals surface area contributed by atoms with Crippen LogP contribution in [-0.4, -0.2) is 0 Å². The van der Waals surface area contributed by atoms with Crippen LogP contribution in [0.4, 0.5) is 17.1 Å². The SMILES string of the molecule is Cc1c(-c2cccc(-c3ccc(-c4ccc(N(c5ccc(-c6ccccc6)cc5)c5ccc(-c6cc7ccccc7c7ccccc67)cc5)cc4)cc3)c2)oc2ccccc12. The molecule has 61 heavy (non-hydrogen) atoms. The number of aryl methyl sites for hydroxylation is 1. The standard InChI is InChI=1S/C59H41NO/c1-40-53-17-9-10-21-58(53)61-59(40)49-16-11-15-47(38-49)45-24-22-42(23-25-45)44-28-34-51(35-29-44)60(50-32-26-43(27-33-50)41-12-3-2-4-13-41)52-36-30-46(31-37-52)57-39-48-14-5-6-18-54(48)55-19-7-8-20-56(55)57/h2-39H,1H3. The summed E-state index contributed by atoms with van der Waals surface area (Å²) in [6.45, 7) is 2.14. The fraction of sp³-hybridized carbons (Fsp3) is 0.0169. The molecule has 0 aliphatic carbocycles. The Morgan fingerprint density at radius 3 is 1.38 bits per heavy atom. The molecule has 0 spiro atoms. The number of furan rings is 1. The molecule has 0 N–H and O–H groups in total. The van der Waals surface area contributed by atoms with Crippen molar-refractivity contribution < 1.29 is 4.42 Å². The summed E-state index contributed by atoms with van der Waals surface area (Å²) < 4.78 is 6.31. The molecule has 0 saturated heterocycles. The maximum atomic E-state index is 6.31. The average Bonchev–Trinajstić information content (AvgIpc) is 3.68. The Labute approximate surface area is 356 Å². The van der Waals surface area contributed by atoms with Crippen molar-refractivity contribution in [2.45, 2.75) is 6.92 Å². The predicted molar refractivity (Wildman–Crippen MR) is 258 cm³/mol. The van der Waals surface area contributed by atoms with E-state index in [0.29, 0.717) is 0 Å². The molecule has 10 aromatic carbocycles. The number of benzene rings is 10. The summed E-state index contributed by atoms with van der Waals surface area (Å²) in [6, 6.07) is 82.9. The van der Waals surface area contributed by atoms with Crippen LogP contribution in [0, 0.1) is 6.92 Å². The molecular weight excluding hydrogens is 739 g/mol. The molecule has 1 heterocycles. The molecule has 1 aromatic heterocycles. The lowest BCUT2D eigenvalue weighted by atomic mass is 9.93. The first-order chi connectivity index (χ1) is 30.1. The molecule has 0 atom stereocenters. The number of fused-ring (bicyclic) bond motifs is 4. The monoisotopic (exact) mass is 779 g/mol. The second kappa shape index (κ2) is 15.3. The van der Waals surface area contributed by atoms with Crippen LogP contribution < -0.4 is 4.90 Å². The molecule has 0 fully saturated rings. The Bertz CT molecular complexity index is 3320. The fourth-order valence-electron chi connectivity index (χ4n) is 8.91. The molecule has 11 rings (SSSR count). The Balaban J connectivity index is 0.914. The molecule has 0 unspecified atom stereocenters. The third-order valence-corrected chi connectivity index (χ3v) is 12.1. The van der Waals surface area contributed by atoms with E-state index in [2.05, 4.69) is 230 Å². The Morgan fingerprint density at radius 2 is 0.754 bits per heavy atom. The molecule has 0 saturated carbocycles. The number of nitrogens with zero attached hydrogens (tertiary/aromatic N) is 1. The van der Waals surface area contributed by atoms with E-state index in [1.54, 1.807) is 0 Å².